The average molecular weight is 638 g/mol. The Morgan fingerprint density at radius 1 is 1.17 bits per heavy atom. The molecule has 0 saturated carbocycles. The summed E-state index contributed by atoms with van der Waals surface area (Å²) in [6.07, 6.45) is 4.36. The number of aliphatic hydroxyl groups excluding tert-OH is 1. The minimum Gasteiger partial charge on any atom is -0.455 e. The van der Waals surface area contributed by atoms with E-state index in [0.29, 0.717) is 31.2 Å². The van der Waals surface area contributed by atoms with Crippen LogP contribution in [0.2, 0.25) is 0 Å². The average Bonchev–Trinajstić information content (AvgIpc) is 3.63. The van der Waals surface area contributed by atoms with Crippen molar-refractivity contribution in [2.24, 2.45) is 17.3 Å². The first-order valence-electron chi connectivity index (χ1n) is 16.4. The van der Waals surface area contributed by atoms with Gasteiger partial charge in [-0.15, -0.1) is 13.2 Å². The zero-order valence-electron chi connectivity index (χ0n) is 28.0. The summed E-state index contributed by atoms with van der Waals surface area (Å²) in [4.78, 5) is 58.5. The fourth-order valence-corrected chi connectivity index (χ4v) is 8.00. The summed E-state index contributed by atoms with van der Waals surface area (Å²) in [6.45, 7) is 17.8. The third kappa shape index (κ3) is 7.08. The van der Waals surface area contributed by atoms with Gasteiger partial charge in [0.1, 0.15) is 17.7 Å². The van der Waals surface area contributed by atoms with Gasteiger partial charge in [0.25, 0.3) is 0 Å². The molecule has 1 aromatic carbocycles. The second kappa shape index (κ2) is 14.1. The van der Waals surface area contributed by atoms with E-state index in [-0.39, 0.29) is 49.9 Å². The Labute approximate surface area is 273 Å². The maximum Gasteiger partial charge on any atom is 0.313 e. The fraction of sp³-hybridized carbons (Fsp3) is 0.611. The summed E-state index contributed by atoms with van der Waals surface area (Å²) in [7, 11) is 0. The van der Waals surface area contributed by atoms with Crippen LogP contribution in [-0.4, -0.2) is 88.1 Å². The standard InChI is InChI=1S/C36H51N3O7/c1-8-10-16-27(41)37-22-26(24-14-12-11-13-15-24)45-33(44)28-25-17-18-36(46-25)29(28)31(42)38(20-21-40)30(36)32(43)39(19-9-2)35(6,7)23-34(3,4)5/h8-9,11-15,25-26,28-30,40H,1-2,10,16-23H2,3-7H3,(H,37,41)/t25-,26-,28+,29+,30-,36+/m1/s1. The zero-order valence-corrected chi connectivity index (χ0v) is 28.0. The van der Waals surface area contributed by atoms with Crippen molar-refractivity contribution in [3.63, 3.8) is 0 Å². The highest BCUT2D eigenvalue weighted by atomic mass is 16.6. The lowest BCUT2D eigenvalue weighted by atomic mass is 9.70. The molecule has 1 spiro atoms. The molecule has 3 heterocycles. The molecule has 6 atom stereocenters. The molecule has 0 aromatic heterocycles. The van der Waals surface area contributed by atoms with Crippen LogP contribution in [0.1, 0.15) is 78.4 Å². The van der Waals surface area contributed by atoms with Crippen LogP contribution in [0.5, 0.6) is 0 Å². The van der Waals surface area contributed by atoms with Gasteiger partial charge in [0.15, 0.2) is 0 Å². The molecular weight excluding hydrogens is 586 g/mol. The van der Waals surface area contributed by atoms with Crippen LogP contribution in [0.3, 0.4) is 0 Å². The van der Waals surface area contributed by atoms with Crippen molar-refractivity contribution in [2.75, 3.05) is 26.2 Å². The Kier molecular flexibility index (Phi) is 10.8. The smallest absolute Gasteiger partial charge is 0.313 e. The molecule has 3 aliphatic heterocycles. The van der Waals surface area contributed by atoms with Gasteiger partial charge in [-0.1, -0.05) is 63.3 Å². The summed E-state index contributed by atoms with van der Waals surface area (Å²) in [5, 5.41) is 12.8. The van der Waals surface area contributed by atoms with E-state index in [0.717, 1.165) is 0 Å². The third-order valence-corrected chi connectivity index (χ3v) is 9.41. The lowest BCUT2D eigenvalue weighted by Gasteiger charge is -2.45. The molecule has 0 radical (unpaired) electrons. The molecule has 0 aliphatic carbocycles. The van der Waals surface area contributed by atoms with Gasteiger partial charge >= 0.3 is 5.97 Å². The molecule has 4 rings (SSSR count). The van der Waals surface area contributed by atoms with E-state index < -0.39 is 53.1 Å². The van der Waals surface area contributed by atoms with Gasteiger partial charge < -0.3 is 29.7 Å². The Morgan fingerprint density at radius 2 is 1.87 bits per heavy atom. The van der Waals surface area contributed by atoms with E-state index in [1.54, 1.807) is 17.1 Å². The number of carbonyl (C=O) groups is 4. The van der Waals surface area contributed by atoms with E-state index in [9.17, 15) is 24.3 Å². The number of esters is 1. The lowest BCUT2D eigenvalue weighted by Crippen LogP contribution is -2.61. The van der Waals surface area contributed by atoms with Crippen LogP contribution < -0.4 is 5.32 Å². The number of benzene rings is 1. The number of β-amino-alcohol motifs (C(OH)–C–C–N with tert-alkyl or cyclic N) is 1. The number of allylic oxidation sites excluding steroid dienone is 1. The van der Waals surface area contributed by atoms with Crippen LogP contribution in [0.25, 0.3) is 0 Å². The van der Waals surface area contributed by atoms with Gasteiger partial charge in [0.2, 0.25) is 17.7 Å². The van der Waals surface area contributed by atoms with Gasteiger partial charge in [0, 0.05) is 25.0 Å². The summed E-state index contributed by atoms with van der Waals surface area (Å²) in [5.74, 6) is -3.33. The predicted octanol–water partition coefficient (Wildman–Crippen LogP) is 3.95. The van der Waals surface area contributed by atoms with Crippen LogP contribution in [0, 0.1) is 17.3 Å². The van der Waals surface area contributed by atoms with E-state index in [1.165, 1.54) is 4.90 Å². The van der Waals surface area contributed by atoms with Gasteiger partial charge in [-0.05, 0) is 50.5 Å². The van der Waals surface area contributed by atoms with Gasteiger partial charge in [-0.3, -0.25) is 19.2 Å². The molecule has 10 nitrogen and oxygen atoms in total. The van der Waals surface area contributed by atoms with Crippen molar-refractivity contribution < 1.29 is 33.8 Å². The molecule has 10 heteroatoms. The van der Waals surface area contributed by atoms with Crippen molar-refractivity contribution >= 4 is 23.7 Å². The van der Waals surface area contributed by atoms with Crippen molar-refractivity contribution in [1.29, 1.82) is 0 Å². The highest BCUT2D eigenvalue weighted by Gasteiger charge is 2.75. The van der Waals surface area contributed by atoms with Crippen molar-refractivity contribution in [2.45, 2.75) is 96.1 Å². The van der Waals surface area contributed by atoms with Crippen molar-refractivity contribution in [3.05, 3.63) is 61.2 Å². The van der Waals surface area contributed by atoms with Crippen LogP contribution in [0.4, 0.5) is 0 Å². The highest BCUT2D eigenvalue weighted by Crippen LogP contribution is 2.59. The Bertz CT molecular complexity index is 1310. The summed E-state index contributed by atoms with van der Waals surface area (Å²) < 4.78 is 12.7. The number of hydrogen-bond donors (Lipinski definition) is 2. The number of ether oxygens (including phenoxy) is 2. The molecule has 3 amide bonds. The monoisotopic (exact) mass is 637 g/mol. The molecule has 46 heavy (non-hydrogen) atoms. The van der Waals surface area contributed by atoms with Gasteiger partial charge in [-0.2, -0.15) is 0 Å². The van der Waals surface area contributed by atoms with E-state index in [4.69, 9.17) is 9.47 Å². The number of rotatable bonds is 15. The first-order valence-corrected chi connectivity index (χ1v) is 16.4. The molecule has 2 N–H and O–H groups in total. The number of nitrogens with zero attached hydrogens (tertiary/aromatic N) is 2. The minimum atomic E-state index is -1.23. The third-order valence-electron chi connectivity index (χ3n) is 9.41. The molecular formula is C36H51N3O7. The fourth-order valence-electron chi connectivity index (χ4n) is 8.00. The van der Waals surface area contributed by atoms with E-state index >= 15 is 0 Å². The number of nitrogens with one attached hydrogen (secondary N) is 1. The molecule has 2 bridgehead atoms. The maximum atomic E-state index is 14.6. The Hall–Kier alpha value is -3.50. The molecule has 3 aliphatic rings. The Morgan fingerprint density at radius 3 is 2.48 bits per heavy atom. The SMILES string of the molecule is C=CCCC(=O)NC[C@@H](OC(=O)[C@@H]1[C@H]2C(=O)N(CCO)[C@H](C(=O)N(CC=C)C(C)(C)CC(C)(C)C)[C@]23CC[C@H]1O3)c1ccccc1. The van der Waals surface area contributed by atoms with Crippen molar-refractivity contribution in [1.82, 2.24) is 15.1 Å². The van der Waals surface area contributed by atoms with Crippen molar-refractivity contribution in [3.8, 4) is 0 Å². The van der Waals surface area contributed by atoms with Crippen LogP contribution >= 0.6 is 0 Å². The van der Waals surface area contributed by atoms with Crippen LogP contribution in [-0.2, 0) is 28.7 Å². The van der Waals surface area contributed by atoms with E-state index in [1.807, 2.05) is 44.2 Å². The first-order chi connectivity index (χ1) is 21.7. The largest absolute Gasteiger partial charge is 0.455 e. The van der Waals surface area contributed by atoms with E-state index in [2.05, 4.69) is 39.2 Å². The molecule has 0 unspecified atom stereocenters. The Balaban J connectivity index is 1.64. The van der Waals surface area contributed by atoms with Gasteiger partial charge in [0.05, 0.1) is 31.1 Å². The molecule has 252 valence electrons. The minimum absolute atomic E-state index is 0.0604. The number of carbonyl (C=O) groups excluding carboxylic acids is 4. The highest BCUT2D eigenvalue weighted by molar-refractivity contribution is 5.98. The normalized spacial score (nSPS) is 26.0. The number of hydrogen-bond acceptors (Lipinski definition) is 7. The summed E-state index contributed by atoms with van der Waals surface area (Å²) in [6, 6.07) is 8.13. The predicted molar refractivity (Wildman–Crippen MR) is 174 cm³/mol. The number of likely N-dealkylation sites (tertiary alicyclic amines) is 1. The first kappa shape index (κ1) is 35.4. The lowest BCUT2D eigenvalue weighted by molar-refractivity contribution is -0.160. The molecule has 1 aromatic rings. The maximum absolute atomic E-state index is 14.6. The summed E-state index contributed by atoms with van der Waals surface area (Å²) in [5.41, 5.74) is -1.19. The van der Waals surface area contributed by atoms with Gasteiger partial charge in [-0.25, -0.2) is 0 Å². The topological polar surface area (TPSA) is 125 Å². The zero-order chi connectivity index (χ0) is 33.9. The summed E-state index contributed by atoms with van der Waals surface area (Å²) >= 11 is 0. The molecule has 3 saturated heterocycles. The number of amides is 3. The second-order valence-electron chi connectivity index (χ2n) is 14.6. The van der Waals surface area contributed by atoms with Crippen LogP contribution in [0.15, 0.2) is 55.6 Å². The second-order valence-corrected chi connectivity index (χ2v) is 14.6. The quantitative estimate of drug-likeness (QED) is 0.220. The molecule has 3 fully saturated rings. The number of aliphatic hydroxyl groups is 1. The number of fused-ring (bicyclic) bond motifs is 1.